The van der Waals surface area contributed by atoms with Crippen LogP contribution in [0.15, 0.2) is 18.2 Å². The molecule has 0 bridgehead atoms. The van der Waals surface area contributed by atoms with Crippen molar-refractivity contribution in [1.29, 1.82) is 0 Å². The lowest BCUT2D eigenvalue weighted by molar-refractivity contribution is 0.0357. The van der Waals surface area contributed by atoms with Crippen LogP contribution in [0.4, 0.5) is 4.39 Å². The average molecular weight is 235 g/mol. The maximum absolute atomic E-state index is 13.9. The minimum Gasteiger partial charge on any atom is -0.381 e. The lowest BCUT2D eigenvalue weighted by Crippen LogP contribution is -2.52. The van der Waals surface area contributed by atoms with Crippen LogP contribution >= 0.6 is 0 Å². The molecule has 1 aromatic carbocycles. The Morgan fingerprint density at radius 3 is 2.82 bits per heavy atom. The van der Waals surface area contributed by atoms with Gasteiger partial charge in [0.1, 0.15) is 5.82 Å². The summed E-state index contributed by atoms with van der Waals surface area (Å²) < 4.78 is 19.3. The van der Waals surface area contributed by atoms with Crippen LogP contribution in [0.2, 0.25) is 0 Å². The fourth-order valence-electron chi connectivity index (χ4n) is 3.43. The molecule has 1 aliphatic heterocycles. The average Bonchev–Trinajstić information content (AvgIpc) is 2.36. The van der Waals surface area contributed by atoms with Crippen molar-refractivity contribution < 1.29 is 9.13 Å². The smallest absolute Gasteiger partial charge is 0.126 e. The van der Waals surface area contributed by atoms with Gasteiger partial charge in [-0.2, -0.15) is 0 Å². The van der Waals surface area contributed by atoms with Gasteiger partial charge in [-0.05, 0) is 42.9 Å². The van der Waals surface area contributed by atoms with Crippen molar-refractivity contribution in [1.82, 2.24) is 0 Å². The monoisotopic (exact) mass is 235 g/mol. The van der Waals surface area contributed by atoms with Crippen LogP contribution < -0.4 is 5.73 Å². The number of hydrogen-bond acceptors (Lipinski definition) is 2. The van der Waals surface area contributed by atoms with Gasteiger partial charge in [-0.15, -0.1) is 0 Å². The molecule has 1 unspecified atom stereocenters. The highest BCUT2D eigenvalue weighted by atomic mass is 19.1. The summed E-state index contributed by atoms with van der Waals surface area (Å²) in [7, 11) is 0. The third-order valence-electron chi connectivity index (χ3n) is 4.46. The largest absolute Gasteiger partial charge is 0.381 e. The van der Waals surface area contributed by atoms with Gasteiger partial charge in [0, 0.05) is 24.7 Å². The fourth-order valence-corrected chi connectivity index (χ4v) is 3.43. The Bertz CT molecular complexity index is 426. The predicted molar refractivity (Wildman–Crippen MR) is 64.4 cm³/mol. The molecule has 1 spiro atoms. The molecule has 2 nitrogen and oxygen atoms in total. The Morgan fingerprint density at radius 1 is 1.29 bits per heavy atom. The number of ether oxygens (including phenoxy) is 1. The molecule has 0 amide bonds. The highest BCUT2D eigenvalue weighted by Crippen LogP contribution is 2.44. The molecule has 3 heteroatoms. The van der Waals surface area contributed by atoms with E-state index >= 15 is 0 Å². The van der Waals surface area contributed by atoms with E-state index in [1.807, 2.05) is 6.07 Å². The van der Waals surface area contributed by atoms with Crippen molar-refractivity contribution in [3.8, 4) is 0 Å². The van der Waals surface area contributed by atoms with Gasteiger partial charge in [-0.3, -0.25) is 0 Å². The Labute approximate surface area is 101 Å². The van der Waals surface area contributed by atoms with Crippen LogP contribution in [0.3, 0.4) is 0 Å². The summed E-state index contributed by atoms with van der Waals surface area (Å²) in [5, 5.41) is 0. The van der Waals surface area contributed by atoms with E-state index in [0.717, 1.165) is 50.0 Å². The predicted octanol–water partition coefficient (Wildman–Crippen LogP) is 2.15. The molecular formula is C14H18FNO. The molecule has 1 heterocycles. The Hall–Kier alpha value is -0.930. The van der Waals surface area contributed by atoms with Crippen molar-refractivity contribution in [3.05, 3.63) is 35.1 Å². The van der Waals surface area contributed by atoms with Crippen molar-refractivity contribution in [2.24, 2.45) is 5.73 Å². The third kappa shape index (κ3) is 1.60. The molecule has 1 aromatic rings. The standard InChI is InChI=1S/C14H18FNO/c15-12-3-1-2-11-10(12)4-5-13(16)14(11)6-8-17-9-7-14/h1-3,13H,4-9,16H2. The zero-order valence-corrected chi connectivity index (χ0v) is 9.92. The first kappa shape index (κ1) is 11.2. The highest BCUT2D eigenvalue weighted by molar-refractivity contribution is 5.40. The minimum atomic E-state index is -0.0692. The zero-order valence-electron chi connectivity index (χ0n) is 9.92. The first-order valence-corrected chi connectivity index (χ1v) is 6.35. The topological polar surface area (TPSA) is 35.2 Å². The van der Waals surface area contributed by atoms with Crippen LogP contribution in [0, 0.1) is 5.82 Å². The van der Waals surface area contributed by atoms with Gasteiger partial charge < -0.3 is 10.5 Å². The summed E-state index contributed by atoms with van der Waals surface area (Å²) in [6.07, 6.45) is 3.49. The highest BCUT2D eigenvalue weighted by Gasteiger charge is 2.44. The maximum Gasteiger partial charge on any atom is 0.126 e. The molecule has 92 valence electrons. The van der Waals surface area contributed by atoms with Crippen LogP contribution in [0.25, 0.3) is 0 Å². The third-order valence-corrected chi connectivity index (χ3v) is 4.46. The van der Waals surface area contributed by atoms with Crippen LogP contribution in [0.5, 0.6) is 0 Å². The Morgan fingerprint density at radius 2 is 2.06 bits per heavy atom. The first-order chi connectivity index (χ1) is 8.24. The van der Waals surface area contributed by atoms with Crippen LogP contribution in [-0.4, -0.2) is 19.3 Å². The molecule has 2 aliphatic rings. The van der Waals surface area contributed by atoms with E-state index in [2.05, 4.69) is 6.07 Å². The van der Waals surface area contributed by atoms with Crippen molar-refractivity contribution in [3.63, 3.8) is 0 Å². The van der Waals surface area contributed by atoms with Crippen molar-refractivity contribution in [2.45, 2.75) is 37.1 Å². The fraction of sp³-hybridized carbons (Fsp3) is 0.571. The van der Waals surface area contributed by atoms with E-state index in [1.54, 1.807) is 6.07 Å². The van der Waals surface area contributed by atoms with E-state index in [9.17, 15) is 4.39 Å². The minimum absolute atomic E-state index is 0.0477. The molecule has 0 saturated carbocycles. The summed E-state index contributed by atoms with van der Waals surface area (Å²) in [6.45, 7) is 1.48. The summed E-state index contributed by atoms with van der Waals surface area (Å²) in [6, 6.07) is 5.57. The molecule has 1 atom stereocenters. The zero-order chi connectivity index (χ0) is 11.9. The number of fused-ring (bicyclic) bond motifs is 2. The Balaban J connectivity index is 2.12. The number of rotatable bonds is 0. The van der Waals surface area contributed by atoms with Gasteiger partial charge >= 0.3 is 0 Å². The van der Waals surface area contributed by atoms with Gasteiger partial charge in [0.05, 0.1) is 0 Å². The normalized spacial score (nSPS) is 26.8. The molecule has 17 heavy (non-hydrogen) atoms. The summed E-state index contributed by atoms with van der Waals surface area (Å²) >= 11 is 0. The number of hydrogen-bond donors (Lipinski definition) is 1. The lowest BCUT2D eigenvalue weighted by atomic mass is 9.63. The second-order valence-corrected chi connectivity index (χ2v) is 5.18. The molecule has 2 N–H and O–H groups in total. The summed E-state index contributed by atoms with van der Waals surface area (Å²) in [5.74, 6) is -0.0692. The van der Waals surface area contributed by atoms with E-state index in [-0.39, 0.29) is 17.3 Å². The van der Waals surface area contributed by atoms with Gasteiger partial charge in [0.2, 0.25) is 0 Å². The quantitative estimate of drug-likeness (QED) is 0.747. The maximum atomic E-state index is 13.9. The second-order valence-electron chi connectivity index (χ2n) is 5.18. The molecular weight excluding hydrogens is 217 g/mol. The van der Waals surface area contributed by atoms with E-state index < -0.39 is 0 Å². The summed E-state index contributed by atoms with van der Waals surface area (Å²) in [5.41, 5.74) is 8.31. The van der Waals surface area contributed by atoms with Gasteiger partial charge in [0.25, 0.3) is 0 Å². The van der Waals surface area contributed by atoms with Crippen LogP contribution in [-0.2, 0) is 16.6 Å². The summed E-state index contributed by atoms with van der Waals surface area (Å²) in [4.78, 5) is 0. The molecule has 0 radical (unpaired) electrons. The first-order valence-electron chi connectivity index (χ1n) is 6.35. The molecule has 1 aliphatic carbocycles. The van der Waals surface area contributed by atoms with E-state index in [1.165, 1.54) is 0 Å². The number of nitrogens with two attached hydrogens (primary N) is 1. The van der Waals surface area contributed by atoms with Gasteiger partial charge in [-0.1, -0.05) is 12.1 Å². The molecule has 0 aromatic heterocycles. The van der Waals surface area contributed by atoms with Gasteiger partial charge in [0.15, 0.2) is 0 Å². The number of halogens is 1. The number of benzene rings is 1. The molecule has 1 fully saturated rings. The van der Waals surface area contributed by atoms with Crippen molar-refractivity contribution in [2.75, 3.05) is 13.2 Å². The van der Waals surface area contributed by atoms with E-state index in [0.29, 0.717) is 0 Å². The molecule has 1 saturated heterocycles. The molecule has 3 rings (SSSR count). The second kappa shape index (κ2) is 4.07. The Kier molecular flexibility index (Phi) is 2.68. The van der Waals surface area contributed by atoms with Crippen LogP contribution in [0.1, 0.15) is 30.4 Å². The van der Waals surface area contributed by atoms with E-state index in [4.69, 9.17) is 10.5 Å². The van der Waals surface area contributed by atoms with Crippen molar-refractivity contribution >= 4 is 0 Å². The SMILES string of the molecule is NC1CCc2c(F)cccc2C12CCOCC2. The van der Waals surface area contributed by atoms with Gasteiger partial charge in [-0.25, -0.2) is 4.39 Å². The lowest BCUT2D eigenvalue weighted by Gasteiger charge is -2.46.